The minimum Gasteiger partial charge on any atom is -0.320 e. The van der Waals surface area contributed by atoms with Gasteiger partial charge in [0, 0.05) is 0 Å². The summed E-state index contributed by atoms with van der Waals surface area (Å²) >= 11 is 0. The molecule has 0 heterocycles. The number of hydrogen-bond donors (Lipinski definition) is 3. The van der Waals surface area contributed by atoms with Gasteiger partial charge in [-0.15, -0.1) is 5.26 Å². The zero-order chi connectivity index (χ0) is 6.62. The Morgan fingerprint density at radius 3 is 2.38 bits per heavy atom. The van der Waals surface area contributed by atoms with Crippen LogP contribution in [0, 0.1) is 11.5 Å². The number of rotatable bonds is 2. The summed E-state index contributed by atoms with van der Waals surface area (Å²) in [5, 5.41) is 8.73. The fourth-order valence-corrected chi connectivity index (χ4v) is 0.240. The summed E-state index contributed by atoms with van der Waals surface area (Å²) in [6.07, 6.45) is 1.02. The average Bonchev–Trinajstić information content (AvgIpc) is 1.59. The van der Waals surface area contributed by atoms with E-state index in [-0.39, 0.29) is 0 Å². The summed E-state index contributed by atoms with van der Waals surface area (Å²) in [5.41, 5.74) is 0. The lowest BCUT2D eigenvalue weighted by atomic mass is 11.6. The minimum absolute atomic E-state index is 1.02. The normalized spacial score (nSPS) is 10.1. The molecular weight excluding hydrogens is 135 g/mol. The SMILES string of the molecule is N#CONP(=O)(O)O. The fourth-order valence-electron chi connectivity index (χ4n) is 0.0799. The van der Waals surface area contributed by atoms with Gasteiger partial charge in [0.2, 0.25) is 0 Å². The first kappa shape index (κ1) is 7.40. The molecule has 0 aromatic carbocycles. The van der Waals surface area contributed by atoms with Crippen LogP contribution in [0.2, 0.25) is 0 Å². The molecule has 0 amide bonds. The molecule has 3 N–H and O–H groups in total. The van der Waals surface area contributed by atoms with E-state index in [1.54, 1.807) is 0 Å². The molecule has 0 bridgehead atoms. The van der Waals surface area contributed by atoms with Crippen molar-refractivity contribution >= 4 is 7.75 Å². The zero-order valence-corrected chi connectivity index (χ0v) is 4.50. The predicted octanol–water partition coefficient (Wildman–Crippen LogP) is -0.919. The highest BCUT2D eigenvalue weighted by atomic mass is 31.2. The minimum atomic E-state index is -4.38. The maximum absolute atomic E-state index is 9.70. The Bertz CT molecular complexity index is 143. The van der Waals surface area contributed by atoms with E-state index in [1.807, 2.05) is 0 Å². The molecule has 0 saturated heterocycles. The number of nitrogens with zero attached hydrogens (tertiary/aromatic N) is 1. The van der Waals surface area contributed by atoms with E-state index in [0.29, 0.717) is 0 Å². The van der Waals surface area contributed by atoms with Crippen LogP contribution in [0.15, 0.2) is 0 Å². The lowest BCUT2D eigenvalue weighted by molar-refractivity contribution is 0.180. The highest BCUT2D eigenvalue weighted by molar-refractivity contribution is 7.49. The third-order valence-electron chi connectivity index (χ3n) is 0.210. The molecule has 0 aromatic rings. The molecule has 0 aliphatic rings. The molecule has 0 radical (unpaired) electrons. The quantitative estimate of drug-likeness (QED) is 0.259. The van der Waals surface area contributed by atoms with Gasteiger partial charge in [0.1, 0.15) is 0 Å². The van der Waals surface area contributed by atoms with Gasteiger partial charge in [-0.3, -0.25) is 0 Å². The largest absolute Gasteiger partial charge is 0.433 e. The van der Waals surface area contributed by atoms with Crippen LogP contribution in [0.4, 0.5) is 0 Å². The van der Waals surface area contributed by atoms with E-state index in [4.69, 9.17) is 15.0 Å². The van der Waals surface area contributed by atoms with Crippen molar-refractivity contribution in [1.82, 2.24) is 5.25 Å². The Labute approximate surface area is 44.9 Å². The van der Waals surface area contributed by atoms with Gasteiger partial charge in [-0.1, -0.05) is 0 Å². The summed E-state index contributed by atoms with van der Waals surface area (Å²) in [4.78, 5) is 19.2. The highest BCUT2D eigenvalue weighted by Crippen LogP contribution is 2.27. The molecule has 0 fully saturated rings. The van der Waals surface area contributed by atoms with Crippen LogP contribution < -0.4 is 5.25 Å². The van der Waals surface area contributed by atoms with Crippen molar-refractivity contribution in [3.05, 3.63) is 0 Å². The zero-order valence-electron chi connectivity index (χ0n) is 3.61. The second-order valence-corrected chi connectivity index (χ2v) is 2.10. The molecule has 0 spiro atoms. The van der Waals surface area contributed by atoms with E-state index in [2.05, 4.69) is 4.84 Å². The second kappa shape index (κ2) is 2.64. The summed E-state index contributed by atoms with van der Waals surface area (Å²) in [7, 11) is -4.38. The van der Waals surface area contributed by atoms with Crippen molar-refractivity contribution in [1.29, 1.82) is 5.26 Å². The maximum atomic E-state index is 9.70. The summed E-state index contributed by atoms with van der Waals surface area (Å²) in [5.74, 6) is 0. The third kappa shape index (κ3) is 5.40. The summed E-state index contributed by atoms with van der Waals surface area (Å²) < 4.78 is 9.70. The number of nitrogens with one attached hydrogen (secondary N) is 1. The van der Waals surface area contributed by atoms with Gasteiger partial charge < -0.3 is 14.6 Å². The molecule has 7 heteroatoms. The molecule has 0 aromatic heterocycles. The molecule has 6 nitrogen and oxygen atoms in total. The summed E-state index contributed by atoms with van der Waals surface area (Å²) in [6, 6.07) is 0. The molecule has 0 atom stereocenters. The molecule has 0 unspecified atom stereocenters. The van der Waals surface area contributed by atoms with Gasteiger partial charge in [0.25, 0.3) is 0 Å². The van der Waals surface area contributed by atoms with Gasteiger partial charge >= 0.3 is 14.0 Å². The van der Waals surface area contributed by atoms with Crippen molar-refractivity contribution in [2.75, 3.05) is 0 Å². The first-order valence-corrected chi connectivity index (χ1v) is 3.05. The standard InChI is InChI=1S/CH3N2O4P/c2-1-7-3-8(4,5)6/h(H3,3,4,5,6). The molecule has 0 rings (SSSR count). The smallest absolute Gasteiger partial charge is 0.320 e. The molecule has 8 heavy (non-hydrogen) atoms. The van der Waals surface area contributed by atoms with Crippen molar-refractivity contribution < 1.29 is 19.2 Å². The monoisotopic (exact) mass is 138 g/mol. The van der Waals surface area contributed by atoms with Crippen LogP contribution in [0.5, 0.6) is 0 Å². The Kier molecular flexibility index (Phi) is 2.45. The molecule has 0 aliphatic carbocycles. The molecular formula is CH3N2O4P. The lowest BCUT2D eigenvalue weighted by Gasteiger charge is -1.97. The number of nitriles is 1. The van der Waals surface area contributed by atoms with Crippen molar-refractivity contribution in [3.8, 4) is 6.26 Å². The second-order valence-electron chi connectivity index (χ2n) is 0.829. The van der Waals surface area contributed by atoms with E-state index >= 15 is 0 Å². The van der Waals surface area contributed by atoms with Crippen molar-refractivity contribution in [3.63, 3.8) is 0 Å². The third-order valence-corrected chi connectivity index (χ3v) is 0.539. The Hall–Kier alpha value is -0.600. The van der Waals surface area contributed by atoms with Gasteiger partial charge in [0.15, 0.2) is 0 Å². The van der Waals surface area contributed by atoms with Crippen LogP contribution in [0.3, 0.4) is 0 Å². The lowest BCUT2D eigenvalue weighted by Crippen LogP contribution is -2.05. The van der Waals surface area contributed by atoms with Crippen molar-refractivity contribution in [2.24, 2.45) is 0 Å². The average molecular weight is 138 g/mol. The first-order chi connectivity index (χ1) is 3.56. The Morgan fingerprint density at radius 1 is 1.75 bits per heavy atom. The summed E-state index contributed by atoms with van der Waals surface area (Å²) in [6.45, 7) is 0. The van der Waals surface area contributed by atoms with Gasteiger partial charge in [-0.25, -0.2) is 4.57 Å². The molecule has 0 aliphatic heterocycles. The van der Waals surface area contributed by atoms with E-state index < -0.39 is 7.75 Å². The maximum Gasteiger partial charge on any atom is 0.433 e. The van der Waals surface area contributed by atoms with E-state index in [9.17, 15) is 4.57 Å². The first-order valence-electron chi connectivity index (χ1n) is 1.44. The van der Waals surface area contributed by atoms with Crippen LogP contribution in [-0.4, -0.2) is 9.79 Å². The van der Waals surface area contributed by atoms with Gasteiger partial charge in [-0.2, -0.15) is 0 Å². The van der Waals surface area contributed by atoms with Crippen LogP contribution in [0.25, 0.3) is 0 Å². The highest BCUT2D eigenvalue weighted by Gasteiger charge is 2.11. The van der Waals surface area contributed by atoms with Crippen LogP contribution in [-0.2, 0) is 9.40 Å². The Balaban J connectivity index is 3.45. The number of hydrogen-bond acceptors (Lipinski definition) is 3. The molecule has 46 valence electrons. The van der Waals surface area contributed by atoms with E-state index in [0.717, 1.165) is 6.26 Å². The van der Waals surface area contributed by atoms with Crippen LogP contribution >= 0.6 is 7.75 Å². The topological polar surface area (TPSA) is 103 Å². The van der Waals surface area contributed by atoms with Gasteiger partial charge in [0.05, 0.1) is 0 Å². The Morgan fingerprint density at radius 2 is 2.25 bits per heavy atom. The van der Waals surface area contributed by atoms with Crippen LogP contribution in [0.1, 0.15) is 0 Å². The fraction of sp³-hybridized carbons (Fsp3) is 0. The predicted molar refractivity (Wildman–Crippen MR) is 21.9 cm³/mol. The molecule has 0 saturated carbocycles. The van der Waals surface area contributed by atoms with Gasteiger partial charge in [-0.05, 0) is 5.25 Å². The van der Waals surface area contributed by atoms with Crippen molar-refractivity contribution in [2.45, 2.75) is 0 Å². The van der Waals surface area contributed by atoms with E-state index in [1.165, 1.54) is 5.25 Å².